The Balaban J connectivity index is 1.86. The molecule has 0 aliphatic rings. The van der Waals surface area contributed by atoms with Gasteiger partial charge in [-0.05, 0) is 24.6 Å². The fourth-order valence-electron chi connectivity index (χ4n) is 3.20. The first-order valence-corrected chi connectivity index (χ1v) is 9.14. The molecule has 0 aliphatic heterocycles. The third-order valence-electron chi connectivity index (χ3n) is 4.64. The molecule has 0 saturated heterocycles. The van der Waals surface area contributed by atoms with Crippen molar-refractivity contribution >= 4 is 5.97 Å². The Morgan fingerprint density at radius 1 is 1.17 bits per heavy atom. The number of carbonyl (C=O) groups is 1. The van der Waals surface area contributed by atoms with E-state index in [-0.39, 0.29) is 17.3 Å². The van der Waals surface area contributed by atoms with Crippen LogP contribution in [0.1, 0.15) is 19.4 Å². The number of rotatable bonds is 6. The highest BCUT2D eigenvalue weighted by Gasteiger charge is 2.27. The smallest absolute Gasteiger partial charge is 0.328 e. The maximum absolute atomic E-state index is 14.1. The highest BCUT2D eigenvalue weighted by atomic mass is 19.1. The molecule has 0 amide bonds. The van der Waals surface area contributed by atoms with Gasteiger partial charge in [-0.15, -0.1) is 0 Å². The second-order valence-corrected chi connectivity index (χ2v) is 6.53. The normalized spacial score (nSPS) is 12.1. The maximum atomic E-state index is 14.1. The van der Waals surface area contributed by atoms with Crippen molar-refractivity contribution in [2.24, 2.45) is 0 Å². The molecule has 30 heavy (non-hydrogen) atoms. The van der Waals surface area contributed by atoms with Gasteiger partial charge in [0.05, 0.1) is 23.0 Å². The number of aliphatic carboxylic acids is 1. The molecule has 152 valence electrons. The Labute approximate surface area is 169 Å². The van der Waals surface area contributed by atoms with E-state index in [0.717, 1.165) is 18.2 Å². The summed E-state index contributed by atoms with van der Waals surface area (Å²) in [5.74, 6) is -2.47. The quantitative estimate of drug-likeness (QED) is 0.500. The van der Waals surface area contributed by atoms with Crippen molar-refractivity contribution in [3.63, 3.8) is 0 Å². The molecule has 1 N–H and O–H groups in total. The molecular formula is C21H16F2N4O3. The second-order valence-electron chi connectivity index (χ2n) is 6.53. The Kier molecular flexibility index (Phi) is 5.09. The van der Waals surface area contributed by atoms with Gasteiger partial charge in [0.1, 0.15) is 17.7 Å². The number of nitrogens with zero attached hydrogens (tertiary/aromatic N) is 4. The summed E-state index contributed by atoms with van der Waals surface area (Å²) in [5, 5.41) is 17.6. The van der Waals surface area contributed by atoms with Crippen LogP contribution in [0.25, 0.3) is 34.1 Å². The summed E-state index contributed by atoms with van der Waals surface area (Å²) in [5.41, 5.74) is 1.41. The Hall–Kier alpha value is -3.88. The van der Waals surface area contributed by atoms with Crippen LogP contribution in [0.15, 0.2) is 59.3 Å². The van der Waals surface area contributed by atoms with Gasteiger partial charge in [0.25, 0.3) is 5.89 Å². The van der Waals surface area contributed by atoms with E-state index in [1.807, 2.05) is 6.07 Å². The molecule has 2 aromatic carbocycles. The van der Waals surface area contributed by atoms with E-state index in [1.165, 1.54) is 10.9 Å². The minimum absolute atomic E-state index is 0.0130. The van der Waals surface area contributed by atoms with Crippen molar-refractivity contribution in [3.8, 4) is 34.1 Å². The lowest BCUT2D eigenvalue weighted by molar-refractivity contribution is -0.141. The van der Waals surface area contributed by atoms with Crippen LogP contribution in [0.4, 0.5) is 8.78 Å². The third-order valence-corrected chi connectivity index (χ3v) is 4.64. The fraction of sp³-hybridized carbons (Fsp3) is 0.143. The SMILES string of the molecule is CCC(C(=O)O)n1ncc(-c2nc(-c3cc(F)ccc3F)no2)c1-c1ccccc1. The van der Waals surface area contributed by atoms with Crippen LogP contribution in [-0.4, -0.2) is 31.0 Å². The lowest BCUT2D eigenvalue weighted by atomic mass is 10.1. The molecule has 0 bridgehead atoms. The first kappa shape index (κ1) is 19.4. The van der Waals surface area contributed by atoms with Crippen molar-refractivity contribution in [2.45, 2.75) is 19.4 Å². The van der Waals surface area contributed by atoms with Crippen LogP contribution in [0.5, 0.6) is 0 Å². The van der Waals surface area contributed by atoms with Crippen LogP contribution in [0.3, 0.4) is 0 Å². The first-order chi connectivity index (χ1) is 14.5. The van der Waals surface area contributed by atoms with Crippen molar-refractivity contribution in [1.29, 1.82) is 0 Å². The molecule has 7 nitrogen and oxygen atoms in total. The van der Waals surface area contributed by atoms with Gasteiger partial charge >= 0.3 is 5.97 Å². The number of hydrogen-bond donors (Lipinski definition) is 1. The number of halogens is 2. The molecule has 4 aromatic rings. The molecular weight excluding hydrogens is 394 g/mol. The largest absolute Gasteiger partial charge is 0.480 e. The van der Waals surface area contributed by atoms with Crippen molar-refractivity contribution in [3.05, 3.63) is 66.4 Å². The lowest BCUT2D eigenvalue weighted by Gasteiger charge is -2.15. The molecule has 0 radical (unpaired) electrons. The Morgan fingerprint density at radius 3 is 2.63 bits per heavy atom. The summed E-state index contributed by atoms with van der Waals surface area (Å²) in [7, 11) is 0. The fourth-order valence-corrected chi connectivity index (χ4v) is 3.20. The first-order valence-electron chi connectivity index (χ1n) is 9.14. The molecule has 2 heterocycles. The molecule has 4 rings (SSSR count). The van der Waals surface area contributed by atoms with Crippen LogP contribution in [0.2, 0.25) is 0 Å². The van der Waals surface area contributed by atoms with Gasteiger partial charge in [-0.25, -0.2) is 18.3 Å². The maximum Gasteiger partial charge on any atom is 0.328 e. The van der Waals surface area contributed by atoms with E-state index >= 15 is 0 Å². The number of hydrogen-bond acceptors (Lipinski definition) is 5. The number of benzene rings is 2. The van der Waals surface area contributed by atoms with Gasteiger partial charge in [-0.3, -0.25) is 0 Å². The summed E-state index contributed by atoms with van der Waals surface area (Å²) in [6, 6.07) is 11.1. The minimum atomic E-state index is -1.03. The predicted molar refractivity (Wildman–Crippen MR) is 103 cm³/mol. The molecule has 2 aromatic heterocycles. The zero-order chi connectivity index (χ0) is 21.3. The van der Waals surface area contributed by atoms with Crippen molar-refractivity contribution in [1.82, 2.24) is 19.9 Å². The highest BCUT2D eigenvalue weighted by Crippen LogP contribution is 2.35. The van der Waals surface area contributed by atoms with Gasteiger partial charge < -0.3 is 9.63 Å². The summed E-state index contributed by atoms with van der Waals surface area (Å²) in [4.78, 5) is 15.9. The van der Waals surface area contributed by atoms with E-state index in [9.17, 15) is 18.7 Å². The van der Waals surface area contributed by atoms with Gasteiger partial charge in [0.15, 0.2) is 0 Å². The molecule has 9 heteroatoms. The lowest BCUT2D eigenvalue weighted by Crippen LogP contribution is -2.20. The van der Waals surface area contributed by atoms with Crippen LogP contribution in [0, 0.1) is 11.6 Å². The summed E-state index contributed by atoms with van der Waals surface area (Å²) < 4.78 is 34.3. The molecule has 0 fully saturated rings. The number of aromatic nitrogens is 4. The topological polar surface area (TPSA) is 94.0 Å². The average molecular weight is 410 g/mol. The van der Waals surface area contributed by atoms with Gasteiger partial charge in [0.2, 0.25) is 5.82 Å². The summed E-state index contributed by atoms with van der Waals surface area (Å²) >= 11 is 0. The predicted octanol–water partition coefficient (Wildman–Crippen LogP) is 4.58. The van der Waals surface area contributed by atoms with E-state index in [2.05, 4.69) is 15.2 Å². The Bertz CT molecular complexity index is 1200. The molecule has 0 saturated carbocycles. The van der Waals surface area contributed by atoms with E-state index in [4.69, 9.17) is 4.52 Å². The standard InChI is InChI=1S/C21H16F2N4O3/c1-2-17(21(28)29)27-18(12-6-4-3-5-7-12)15(11-24-27)20-25-19(26-30-20)14-10-13(22)8-9-16(14)23/h3-11,17H,2H2,1H3,(H,28,29). The van der Waals surface area contributed by atoms with Gasteiger partial charge in [0, 0.05) is 5.56 Å². The van der Waals surface area contributed by atoms with Crippen molar-refractivity contribution < 1.29 is 23.2 Å². The number of carboxylic acid groups (broad SMARTS) is 1. The molecule has 1 atom stereocenters. The van der Waals surface area contributed by atoms with E-state index < -0.39 is 23.6 Å². The van der Waals surface area contributed by atoms with Crippen molar-refractivity contribution in [2.75, 3.05) is 0 Å². The Morgan fingerprint density at radius 2 is 1.93 bits per heavy atom. The van der Waals surface area contributed by atoms with Crippen LogP contribution >= 0.6 is 0 Å². The average Bonchev–Trinajstić information content (AvgIpc) is 3.38. The van der Waals surface area contributed by atoms with Gasteiger partial charge in [-0.1, -0.05) is 42.4 Å². The molecule has 0 aliphatic carbocycles. The number of carboxylic acids is 1. The summed E-state index contributed by atoms with van der Waals surface area (Å²) in [6.07, 6.45) is 1.73. The third kappa shape index (κ3) is 3.45. The molecule has 0 spiro atoms. The van der Waals surface area contributed by atoms with Crippen LogP contribution in [-0.2, 0) is 4.79 Å². The van der Waals surface area contributed by atoms with E-state index in [1.54, 1.807) is 31.2 Å². The second kappa shape index (κ2) is 7.86. The minimum Gasteiger partial charge on any atom is -0.480 e. The van der Waals surface area contributed by atoms with Crippen LogP contribution < -0.4 is 0 Å². The molecule has 1 unspecified atom stereocenters. The zero-order valence-corrected chi connectivity index (χ0v) is 15.8. The monoisotopic (exact) mass is 410 g/mol. The van der Waals surface area contributed by atoms with Gasteiger partial charge in [-0.2, -0.15) is 10.1 Å². The van der Waals surface area contributed by atoms with E-state index in [0.29, 0.717) is 23.2 Å². The zero-order valence-electron chi connectivity index (χ0n) is 15.8. The summed E-state index contributed by atoms with van der Waals surface area (Å²) in [6.45, 7) is 1.74. The highest BCUT2D eigenvalue weighted by molar-refractivity contribution is 5.80.